The first-order valence-electron chi connectivity index (χ1n) is 19.0. The normalized spacial score (nSPS) is 16.6. The quantitative estimate of drug-likeness (QED) is 0.192. The van der Waals surface area contributed by atoms with Crippen LogP contribution in [0.4, 0.5) is 0 Å². The van der Waals surface area contributed by atoms with Gasteiger partial charge in [0, 0.05) is 38.6 Å². The summed E-state index contributed by atoms with van der Waals surface area (Å²) in [6.07, 6.45) is 8.65. The number of rotatable bonds is 4. The number of hydrogen-bond donors (Lipinski definition) is 2. The van der Waals surface area contributed by atoms with Gasteiger partial charge in [0.25, 0.3) is 0 Å². The molecule has 0 radical (unpaired) electrons. The van der Waals surface area contributed by atoms with Crippen LogP contribution < -0.4 is 10.6 Å². The fourth-order valence-corrected chi connectivity index (χ4v) is 8.68. The van der Waals surface area contributed by atoms with E-state index in [2.05, 4.69) is 202 Å². The van der Waals surface area contributed by atoms with Gasteiger partial charge in [-0.15, -0.1) is 0 Å². The molecule has 2 unspecified atom stereocenters. The third-order valence-electron chi connectivity index (χ3n) is 10.9. The number of nitrogens with zero attached hydrogens (tertiary/aromatic N) is 2. The first kappa shape index (κ1) is 32.1. The summed E-state index contributed by atoms with van der Waals surface area (Å²) in [4.78, 5) is 0. The molecule has 0 fully saturated rings. The van der Waals surface area contributed by atoms with Crippen molar-refractivity contribution in [2.24, 2.45) is 0 Å². The molecule has 2 aromatic heterocycles. The minimum absolute atomic E-state index is 0.0877. The van der Waals surface area contributed by atoms with Crippen molar-refractivity contribution in [3.8, 4) is 11.4 Å². The van der Waals surface area contributed by atoms with E-state index >= 15 is 0 Å². The van der Waals surface area contributed by atoms with Gasteiger partial charge in [-0.2, -0.15) is 0 Å². The zero-order chi connectivity index (χ0) is 36.2. The Morgan fingerprint density at radius 1 is 0.519 bits per heavy atom. The number of allylic oxidation sites excluding steroid dienone is 2. The predicted molar refractivity (Wildman–Crippen MR) is 228 cm³/mol. The zero-order valence-corrected chi connectivity index (χ0v) is 30.4. The van der Waals surface area contributed by atoms with E-state index in [1.54, 1.807) is 0 Å². The van der Waals surface area contributed by atoms with E-state index < -0.39 is 0 Å². The summed E-state index contributed by atoms with van der Waals surface area (Å²) in [6, 6.07) is 57.5. The third-order valence-corrected chi connectivity index (χ3v) is 10.9. The van der Waals surface area contributed by atoms with E-state index in [4.69, 9.17) is 0 Å². The van der Waals surface area contributed by atoms with Crippen molar-refractivity contribution in [1.82, 2.24) is 19.8 Å². The maximum absolute atomic E-state index is 3.90. The standard InChI is InChI=1S/C48H34N4.C2H6/c1-3-15-32(16-4-1)45-39-23-9-11-24-41(39)49-48(50-45)33-17-13-20-35(30-33)52-42-25-12-10-22-37(42)38-27-28-40-44-36-21-8-7-14-31(36)26-29-43(44)51(47(40)46(38)52)34-18-5-2-6-19-34;1-2/h1-30,41,48-50H;1-2H3. The molecular weight excluding hydrogens is 657 g/mol. The Balaban J connectivity index is 0.00000178. The SMILES string of the molecule is C1=CC2=C(c3ccccc3)NC(c3cccc(-n4c5ccccc5c5ccc6c7c8ccccc8ccc7n(-c7ccccc7)c6c54)c3)NC2C=C1.CC. The Morgan fingerprint density at radius 3 is 2.06 bits per heavy atom. The summed E-state index contributed by atoms with van der Waals surface area (Å²) < 4.78 is 4.97. The van der Waals surface area contributed by atoms with Crippen LogP contribution >= 0.6 is 0 Å². The van der Waals surface area contributed by atoms with Crippen molar-refractivity contribution >= 4 is 60.1 Å². The number of para-hydroxylation sites is 2. The number of fused-ring (bicyclic) bond motifs is 10. The second-order valence-corrected chi connectivity index (χ2v) is 13.8. The summed E-state index contributed by atoms with van der Waals surface area (Å²) in [6.45, 7) is 4.00. The molecule has 1 aliphatic carbocycles. The van der Waals surface area contributed by atoms with Crippen LogP contribution in [0.3, 0.4) is 0 Å². The van der Waals surface area contributed by atoms with Crippen LogP contribution in [0.15, 0.2) is 188 Å². The molecule has 2 atom stereocenters. The second kappa shape index (κ2) is 13.1. The van der Waals surface area contributed by atoms with Crippen molar-refractivity contribution in [3.05, 3.63) is 199 Å². The highest BCUT2D eigenvalue weighted by Crippen LogP contribution is 2.44. The molecule has 260 valence electrons. The van der Waals surface area contributed by atoms with Gasteiger partial charge in [-0.3, -0.25) is 5.32 Å². The van der Waals surface area contributed by atoms with Crippen molar-refractivity contribution in [2.45, 2.75) is 26.1 Å². The molecule has 3 heterocycles. The number of benzene rings is 7. The lowest BCUT2D eigenvalue weighted by Crippen LogP contribution is -2.45. The zero-order valence-electron chi connectivity index (χ0n) is 30.4. The molecule has 2 N–H and O–H groups in total. The summed E-state index contributed by atoms with van der Waals surface area (Å²) >= 11 is 0. The summed E-state index contributed by atoms with van der Waals surface area (Å²) in [5, 5.41) is 15.3. The molecule has 0 bridgehead atoms. The molecule has 4 nitrogen and oxygen atoms in total. The fraction of sp³-hybridized carbons (Fsp3) is 0.0800. The van der Waals surface area contributed by atoms with Crippen LogP contribution in [0.2, 0.25) is 0 Å². The molecule has 11 rings (SSSR count). The molecule has 2 aliphatic rings. The highest BCUT2D eigenvalue weighted by molar-refractivity contribution is 6.28. The van der Waals surface area contributed by atoms with Gasteiger partial charge in [0.15, 0.2) is 0 Å². The summed E-state index contributed by atoms with van der Waals surface area (Å²) in [5.74, 6) is 0. The van der Waals surface area contributed by atoms with E-state index in [0.717, 1.165) is 11.4 Å². The van der Waals surface area contributed by atoms with E-state index in [0.29, 0.717) is 0 Å². The maximum Gasteiger partial charge on any atom is 0.104 e. The van der Waals surface area contributed by atoms with Crippen molar-refractivity contribution in [3.63, 3.8) is 0 Å². The maximum atomic E-state index is 3.90. The monoisotopic (exact) mass is 696 g/mol. The Kier molecular flexibility index (Phi) is 7.78. The van der Waals surface area contributed by atoms with Gasteiger partial charge in [0.1, 0.15) is 6.17 Å². The smallest absolute Gasteiger partial charge is 0.104 e. The predicted octanol–water partition coefficient (Wildman–Crippen LogP) is 12.2. The topological polar surface area (TPSA) is 33.9 Å². The molecule has 1 aliphatic heterocycles. The number of hydrogen-bond acceptors (Lipinski definition) is 2. The van der Waals surface area contributed by atoms with E-state index in [1.165, 1.54) is 76.8 Å². The van der Waals surface area contributed by atoms with Gasteiger partial charge in [0.05, 0.1) is 28.1 Å². The van der Waals surface area contributed by atoms with Crippen molar-refractivity contribution in [2.75, 3.05) is 0 Å². The Morgan fingerprint density at radius 2 is 1.20 bits per heavy atom. The number of aromatic nitrogens is 2. The van der Waals surface area contributed by atoms with Crippen LogP contribution in [0.1, 0.15) is 31.1 Å². The van der Waals surface area contributed by atoms with Gasteiger partial charge in [-0.05, 0) is 63.9 Å². The molecule has 0 saturated heterocycles. The highest BCUT2D eigenvalue weighted by Gasteiger charge is 2.29. The van der Waals surface area contributed by atoms with Crippen molar-refractivity contribution < 1.29 is 0 Å². The van der Waals surface area contributed by atoms with Crippen LogP contribution in [0, 0.1) is 0 Å². The molecule has 54 heavy (non-hydrogen) atoms. The van der Waals surface area contributed by atoms with Gasteiger partial charge >= 0.3 is 0 Å². The highest BCUT2D eigenvalue weighted by atomic mass is 15.2. The molecule has 4 heteroatoms. The van der Waals surface area contributed by atoms with E-state index in [9.17, 15) is 0 Å². The van der Waals surface area contributed by atoms with Crippen LogP contribution in [-0.4, -0.2) is 15.2 Å². The van der Waals surface area contributed by atoms with E-state index in [-0.39, 0.29) is 12.2 Å². The van der Waals surface area contributed by atoms with Crippen LogP contribution in [0.5, 0.6) is 0 Å². The second-order valence-electron chi connectivity index (χ2n) is 13.8. The summed E-state index contributed by atoms with van der Waals surface area (Å²) in [7, 11) is 0. The first-order valence-corrected chi connectivity index (χ1v) is 19.0. The lowest BCUT2D eigenvalue weighted by atomic mass is 9.92. The Bertz CT molecular complexity index is 2960. The average Bonchev–Trinajstić information content (AvgIpc) is 3.78. The largest absolute Gasteiger partial charge is 0.365 e. The first-order chi connectivity index (χ1) is 26.8. The van der Waals surface area contributed by atoms with Gasteiger partial charge < -0.3 is 14.5 Å². The molecule has 9 aromatic rings. The number of nitrogens with one attached hydrogen (secondary N) is 2. The average molecular weight is 697 g/mol. The minimum Gasteiger partial charge on any atom is -0.365 e. The lowest BCUT2D eigenvalue weighted by molar-refractivity contribution is 0.460. The molecule has 7 aromatic carbocycles. The molecule has 0 spiro atoms. The van der Waals surface area contributed by atoms with Crippen LogP contribution in [-0.2, 0) is 0 Å². The van der Waals surface area contributed by atoms with E-state index in [1.807, 2.05) is 13.8 Å². The molecule has 0 amide bonds. The summed E-state index contributed by atoms with van der Waals surface area (Å²) in [5.41, 5.74) is 11.9. The van der Waals surface area contributed by atoms with Gasteiger partial charge in [-0.25, -0.2) is 0 Å². The molecule has 0 saturated carbocycles. The van der Waals surface area contributed by atoms with Gasteiger partial charge in [0.2, 0.25) is 0 Å². The van der Waals surface area contributed by atoms with Crippen molar-refractivity contribution in [1.29, 1.82) is 0 Å². The van der Waals surface area contributed by atoms with Gasteiger partial charge in [-0.1, -0.05) is 159 Å². The van der Waals surface area contributed by atoms with Crippen LogP contribution in [0.25, 0.3) is 71.5 Å². The minimum atomic E-state index is -0.0877. The fourth-order valence-electron chi connectivity index (χ4n) is 8.68. The molecular formula is C50H40N4. The Hall–Kier alpha value is -6.62. The third kappa shape index (κ3) is 4.95. The lowest BCUT2D eigenvalue weighted by Gasteiger charge is -2.36. The Labute approximate surface area is 315 Å².